The van der Waals surface area contributed by atoms with Gasteiger partial charge in [0.15, 0.2) is 0 Å². The molecule has 0 radical (unpaired) electrons. The molecular formula is C27H45NO3. The van der Waals surface area contributed by atoms with Gasteiger partial charge in [-0.2, -0.15) is 0 Å². The molecule has 0 bridgehead atoms. The zero-order valence-corrected chi connectivity index (χ0v) is 19.9. The minimum atomic E-state index is -0.553. The van der Waals surface area contributed by atoms with Gasteiger partial charge in [-0.15, -0.1) is 0 Å². The van der Waals surface area contributed by atoms with Gasteiger partial charge in [-0.3, -0.25) is 4.90 Å². The number of fused-ring (bicyclic) bond motifs is 8. The van der Waals surface area contributed by atoms with Gasteiger partial charge >= 0.3 is 0 Å². The summed E-state index contributed by atoms with van der Waals surface area (Å²) < 4.78 is 0. The lowest BCUT2D eigenvalue weighted by atomic mass is 9.51. The first-order valence-electron chi connectivity index (χ1n) is 13.5. The summed E-state index contributed by atoms with van der Waals surface area (Å²) in [6, 6.07) is 0.355. The van der Waals surface area contributed by atoms with Crippen molar-refractivity contribution in [2.75, 3.05) is 13.1 Å². The first-order valence-corrected chi connectivity index (χ1v) is 13.5. The summed E-state index contributed by atoms with van der Waals surface area (Å²) >= 11 is 0. The lowest BCUT2D eigenvalue weighted by molar-refractivity contribution is -0.176. The van der Waals surface area contributed by atoms with Gasteiger partial charge in [0.25, 0.3) is 0 Å². The standard InChI is InChI=1S/C27H45NO3/c1-15-4-7-25-27(3,31)21-6-5-17-18(20(21)14-28(25)13-15)11-22-19(17)12-24(30)23-10-16(29)8-9-26(22,23)2/h15-25,29-31H,4-14H2,1-3H3/t15-,16+,17-,18-,19+,20-,21+,22+,23-,24-,25+,26-,27+/m1/s1. The average Bonchev–Trinajstić information content (AvgIpc) is 3.09. The Kier molecular flexibility index (Phi) is 4.94. The van der Waals surface area contributed by atoms with Crippen LogP contribution in [0.1, 0.15) is 78.6 Å². The van der Waals surface area contributed by atoms with Crippen LogP contribution in [0.2, 0.25) is 0 Å². The zero-order valence-electron chi connectivity index (χ0n) is 19.9. The fourth-order valence-corrected chi connectivity index (χ4v) is 10.6. The maximum atomic E-state index is 11.8. The highest BCUT2D eigenvalue weighted by atomic mass is 16.3. The van der Waals surface area contributed by atoms with Crippen LogP contribution in [0, 0.1) is 52.8 Å². The van der Waals surface area contributed by atoms with Gasteiger partial charge in [0.05, 0.1) is 17.8 Å². The molecule has 13 atom stereocenters. The van der Waals surface area contributed by atoms with Crippen molar-refractivity contribution in [1.29, 1.82) is 0 Å². The Morgan fingerprint density at radius 3 is 2.35 bits per heavy atom. The molecule has 6 fully saturated rings. The van der Waals surface area contributed by atoms with E-state index in [1.165, 1.54) is 32.2 Å². The molecule has 0 amide bonds. The van der Waals surface area contributed by atoms with Crippen LogP contribution in [-0.4, -0.2) is 57.2 Å². The Balaban J connectivity index is 1.30. The summed E-state index contributed by atoms with van der Waals surface area (Å²) in [6.07, 6.45) is 9.43. The summed E-state index contributed by atoms with van der Waals surface area (Å²) in [5, 5.41) is 33.3. The van der Waals surface area contributed by atoms with E-state index in [0.717, 1.165) is 50.5 Å². The van der Waals surface area contributed by atoms with Gasteiger partial charge in [-0.05, 0) is 117 Å². The molecule has 4 heteroatoms. The number of aliphatic hydroxyl groups is 3. The van der Waals surface area contributed by atoms with E-state index in [1.54, 1.807) is 0 Å². The molecule has 4 saturated carbocycles. The molecule has 4 aliphatic carbocycles. The molecule has 6 aliphatic rings. The number of nitrogens with zero attached hydrogens (tertiary/aromatic N) is 1. The van der Waals surface area contributed by atoms with Crippen molar-refractivity contribution in [3.05, 3.63) is 0 Å². The highest BCUT2D eigenvalue weighted by Crippen LogP contribution is 2.67. The van der Waals surface area contributed by atoms with Gasteiger partial charge in [-0.1, -0.05) is 13.8 Å². The van der Waals surface area contributed by atoms with Crippen LogP contribution in [-0.2, 0) is 0 Å². The van der Waals surface area contributed by atoms with E-state index in [4.69, 9.17) is 0 Å². The molecule has 0 aromatic carbocycles. The third kappa shape index (κ3) is 3.00. The van der Waals surface area contributed by atoms with Crippen molar-refractivity contribution in [3.8, 4) is 0 Å². The maximum Gasteiger partial charge on any atom is 0.0805 e. The Bertz CT molecular complexity index is 711. The van der Waals surface area contributed by atoms with Crippen molar-refractivity contribution in [1.82, 2.24) is 4.90 Å². The summed E-state index contributed by atoms with van der Waals surface area (Å²) in [6.45, 7) is 9.36. The smallest absolute Gasteiger partial charge is 0.0805 e. The number of hydrogen-bond donors (Lipinski definition) is 3. The van der Waals surface area contributed by atoms with Gasteiger partial charge in [0, 0.05) is 19.1 Å². The Hall–Kier alpha value is -0.160. The summed E-state index contributed by atoms with van der Waals surface area (Å²) in [5.41, 5.74) is -0.365. The number of aliphatic hydroxyl groups excluding tert-OH is 2. The van der Waals surface area contributed by atoms with Crippen LogP contribution in [0.3, 0.4) is 0 Å². The quantitative estimate of drug-likeness (QED) is 0.547. The number of hydrogen-bond acceptors (Lipinski definition) is 4. The summed E-state index contributed by atoms with van der Waals surface area (Å²) in [4.78, 5) is 2.68. The number of piperidine rings is 2. The van der Waals surface area contributed by atoms with E-state index in [9.17, 15) is 15.3 Å². The highest BCUT2D eigenvalue weighted by Gasteiger charge is 2.64. The molecule has 0 aromatic rings. The zero-order chi connectivity index (χ0) is 21.7. The normalized spacial score (nSPS) is 61.5. The minimum absolute atomic E-state index is 0.188. The average molecular weight is 432 g/mol. The van der Waals surface area contributed by atoms with E-state index >= 15 is 0 Å². The van der Waals surface area contributed by atoms with Crippen LogP contribution in [0.5, 0.6) is 0 Å². The van der Waals surface area contributed by atoms with Gasteiger partial charge < -0.3 is 15.3 Å². The van der Waals surface area contributed by atoms with Crippen molar-refractivity contribution < 1.29 is 15.3 Å². The molecule has 2 heterocycles. The lowest BCUT2D eigenvalue weighted by Crippen LogP contribution is -2.67. The first kappa shape index (κ1) is 21.4. The largest absolute Gasteiger partial charge is 0.393 e. The van der Waals surface area contributed by atoms with Crippen LogP contribution >= 0.6 is 0 Å². The molecule has 176 valence electrons. The Morgan fingerprint density at radius 1 is 0.742 bits per heavy atom. The summed E-state index contributed by atoms with van der Waals surface area (Å²) in [5.74, 6) is 4.89. The molecule has 2 aliphatic heterocycles. The fraction of sp³-hybridized carbons (Fsp3) is 1.00. The molecule has 0 unspecified atom stereocenters. The van der Waals surface area contributed by atoms with Crippen LogP contribution in [0.25, 0.3) is 0 Å². The fourth-order valence-electron chi connectivity index (χ4n) is 10.6. The highest BCUT2D eigenvalue weighted by molar-refractivity contribution is 5.14. The van der Waals surface area contributed by atoms with Crippen molar-refractivity contribution in [3.63, 3.8) is 0 Å². The molecular weight excluding hydrogens is 386 g/mol. The summed E-state index contributed by atoms with van der Waals surface area (Å²) in [7, 11) is 0. The maximum absolute atomic E-state index is 11.8. The van der Waals surface area contributed by atoms with Crippen LogP contribution < -0.4 is 0 Å². The predicted octanol–water partition coefficient (Wildman–Crippen LogP) is 3.68. The van der Waals surface area contributed by atoms with E-state index < -0.39 is 5.60 Å². The molecule has 0 spiro atoms. The van der Waals surface area contributed by atoms with E-state index in [2.05, 4.69) is 25.7 Å². The second-order valence-electron chi connectivity index (χ2n) is 13.4. The van der Waals surface area contributed by atoms with Gasteiger partial charge in [-0.25, -0.2) is 0 Å². The molecule has 4 nitrogen and oxygen atoms in total. The monoisotopic (exact) mass is 431 g/mol. The van der Waals surface area contributed by atoms with Crippen molar-refractivity contribution >= 4 is 0 Å². The number of rotatable bonds is 0. The van der Waals surface area contributed by atoms with E-state index in [1.807, 2.05) is 0 Å². The Labute approximate surface area is 188 Å². The van der Waals surface area contributed by atoms with Crippen LogP contribution in [0.4, 0.5) is 0 Å². The van der Waals surface area contributed by atoms with Gasteiger partial charge in [0.1, 0.15) is 0 Å². The first-order chi connectivity index (χ1) is 14.7. The van der Waals surface area contributed by atoms with E-state index in [0.29, 0.717) is 35.6 Å². The van der Waals surface area contributed by atoms with Crippen LogP contribution in [0.15, 0.2) is 0 Å². The predicted molar refractivity (Wildman–Crippen MR) is 121 cm³/mol. The third-order valence-electron chi connectivity index (χ3n) is 12.0. The topological polar surface area (TPSA) is 63.9 Å². The van der Waals surface area contributed by atoms with Crippen molar-refractivity contribution in [2.24, 2.45) is 52.8 Å². The molecule has 6 rings (SSSR count). The molecule has 3 N–H and O–H groups in total. The minimum Gasteiger partial charge on any atom is -0.393 e. The second kappa shape index (κ2) is 7.17. The third-order valence-corrected chi connectivity index (χ3v) is 12.0. The van der Waals surface area contributed by atoms with E-state index in [-0.39, 0.29) is 23.5 Å². The van der Waals surface area contributed by atoms with Gasteiger partial charge in [0.2, 0.25) is 0 Å². The second-order valence-corrected chi connectivity index (χ2v) is 13.4. The molecule has 31 heavy (non-hydrogen) atoms. The molecule has 0 aromatic heterocycles. The van der Waals surface area contributed by atoms with Crippen molar-refractivity contribution in [2.45, 2.75) is 102 Å². The molecule has 2 saturated heterocycles. The Morgan fingerprint density at radius 2 is 1.55 bits per heavy atom. The lowest BCUT2D eigenvalue weighted by Gasteiger charge is -2.60. The SMILES string of the molecule is C[C@@H]1CC[C@@H]2N(C1)C[C@@H]1[C@@H]3C[C@H]4[C@@H](C[C@@H](O)[C@H]5C[C@@H](O)CC[C@@]54C)[C@@H]3CC[C@@H]1[C@]2(C)O.